The minimum Gasteiger partial charge on any atom is -0.485 e. The molecule has 0 unspecified atom stereocenters. The zero-order chi connectivity index (χ0) is 30.8. The number of carbonyl (C=O) groups excluding carboxylic acids is 3. The van der Waals surface area contributed by atoms with E-state index in [0.717, 1.165) is 0 Å². The van der Waals surface area contributed by atoms with Gasteiger partial charge in [0.1, 0.15) is 11.8 Å². The summed E-state index contributed by atoms with van der Waals surface area (Å²) >= 11 is 0. The van der Waals surface area contributed by atoms with Crippen molar-refractivity contribution < 1.29 is 33.7 Å². The van der Waals surface area contributed by atoms with E-state index in [1.165, 1.54) is 9.58 Å². The Hall–Kier alpha value is -4.78. The predicted molar refractivity (Wildman–Crippen MR) is 158 cm³/mol. The number of para-hydroxylation sites is 1. The van der Waals surface area contributed by atoms with Gasteiger partial charge in [0.25, 0.3) is 11.8 Å². The molecule has 1 aromatic heterocycles. The molecule has 2 aliphatic rings. The molecule has 0 radical (unpaired) electrons. The van der Waals surface area contributed by atoms with Gasteiger partial charge in [0.15, 0.2) is 17.2 Å². The Labute approximate surface area is 249 Å². The molecule has 0 saturated carbocycles. The minimum absolute atomic E-state index is 0.129. The molecule has 0 bridgehead atoms. The second kappa shape index (κ2) is 12.2. The number of hydrogen-bond acceptors (Lipinski definition) is 8. The number of nitrogens with one attached hydrogen (secondary N) is 2. The third-order valence-electron chi connectivity index (χ3n) is 7.60. The van der Waals surface area contributed by atoms with Gasteiger partial charge in [-0.15, -0.1) is 0 Å². The molecule has 4 amide bonds. The second-order valence-corrected chi connectivity index (χ2v) is 10.9. The fourth-order valence-electron chi connectivity index (χ4n) is 5.12. The number of hydrogen-bond donors (Lipinski definition) is 3. The molecule has 3 N–H and O–H groups in total. The van der Waals surface area contributed by atoms with Crippen LogP contribution in [0.1, 0.15) is 40.4 Å². The number of ether oxygens (including phenoxy) is 3. The number of nitrogens with zero attached hydrogens (tertiary/aromatic N) is 4. The lowest BCUT2D eigenvalue weighted by Gasteiger charge is -2.38. The molecule has 3 heterocycles. The highest BCUT2D eigenvalue weighted by molar-refractivity contribution is 6.06. The number of anilines is 2. The summed E-state index contributed by atoms with van der Waals surface area (Å²) in [5.41, 5.74) is 2.11. The van der Waals surface area contributed by atoms with Gasteiger partial charge in [-0.2, -0.15) is 5.10 Å². The maximum Gasteiger partial charge on any atom is 0.321 e. The number of aliphatic hydroxyl groups excluding tert-OH is 1. The Kier molecular flexibility index (Phi) is 8.44. The van der Waals surface area contributed by atoms with Crippen LogP contribution in [0, 0.1) is 12.8 Å². The van der Waals surface area contributed by atoms with E-state index in [0.29, 0.717) is 34.3 Å². The predicted octanol–water partition coefficient (Wildman–Crippen LogP) is 3.09. The van der Waals surface area contributed by atoms with Crippen molar-refractivity contribution in [2.24, 2.45) is 13.0 Å². The average molecular weight is 593 g/mol. The van der Waals surface area contributed by atoms with E-state index in [1.54, 1.807) is 75.3 Å². The highest BCUT2D eigenvalue weighted by Crippen LogP contribution is 2.36. The van der Waals surface area contributed by atoms with Gasteiger partial charge in [0.2, 0.25) is 6.79 Å². The molecule has 0 spiro atoms. The Morgan fingerprint density at radius 2 is 1.93 bits per heavy atom. The molecular weight excluding hydrogens is 556 g/mol. The summed E-state index contributed by atoms with van der Waals surface area (Å²) in [5.74, 6) is 0.349. The van der Waals surface area contributed by atoms with E-state index in [4.69, 9.17) is 14.2 Å². The number of aliphatic hydroxyl groups is 1. The summed E-state index contributed by atoms with van der Waals surface area (Å²) in [6.45, 7) is 5.82. The molecule has 13 nitrogen and oxygen atoms in total. The number of benzene rings is 2. The van der Waals surface area contributed by atoms with Crippen molar-refractivity contribution in [2.45, 2.75) is 32.9 Å². The van der Waals surface area contributed by atoms with Gasteiger partial charge in [-0.05, 0) is 44.2 Å². The van der Waals surface area contributed by atoms with Crippen LogP contribution in [0.25, 0.3) is 0 Å². The van der Waals surface area contributed by atoms with Gasteiger partial charge in [-0.3, -0.25) is 14.3 Å². The number of aromatic nitrogens is 2. The van der Waals surface area contributed by atoms with E-state index in [2.05, 4.69) is 15.7 Å². The van der Waals surface area contributed by atoms with Crippen molar-refractivity contribution in [2.75, 3.05) is 44.2 Å². The first-order valence-corrected chi connectivity index (χ1v) is 14.0. The van der Waals surface area contributed by atoms with Gasteiger partial charge in [0.05, 0.1) is 36.1 Å². The smallest absolute Gasteiger partial charge is 0.321 e. The molecule has 228 valence electrons. The number of likely N-dealkylation sites (N-methyl/N-ethyl adjacent to an activating group) is 1. The molecule has 0 fully saturated rings. The first kappa shape index (κ1) is 29.7. The first-order chi connectivity index (χ1) is 20.5. The highest BCUT2D eigenvalue weighted by Gasteiger charge is 2.35. The van der Waals surface area contributed by atoms with Gasteiger partial charge in [0, 0.05) is 38.3 Å². The van der Waals surface area contributed by atoms with Crippen molar-refractivity contribution in [1.29, 1.82) is 0 Å². The molecule has 2 aromatic carbocycles. The maximum atomic E-state index is 13.7. The van der Waals surface area contributed by atoms with Crippen molar-refractivity contribution in [3.8, 4) is 17.2 Å². The highest BCUT2D eigenvalue weighted by atomic mass is 16.7. The Morgan fingerprint density at radius 1 is 1.16 bits per heavy atom. The van der Waals surface area contributed by atoms with Crippen LogP contribution in [0.5, 0.6) is 17.2 Å². The molecule has 2 aliphatic heterocycles. The van der Waals surface area contributed by atoms with Gasteiger partial charge in [-0.1, -0.05) is 13.0 Å². The zero-order valence-electron chi connectivity index (χ0n) is 24.8. The first-order valence-electron chi connectivity index (χ1n) is 14.0. The van der Waals surface area contributed by atoms with E-state index < -0.39 is 18.1 Å². The molecule has 0 aliphatic carbocycles. The number of fused-ring (bicyclic) bond motifs is 2. The topological polar surface area (TPSA) is 147 Å². The number of carbonyl (C=O) groups is 3. The zero-order valence-corrected chi connectivity index (χ0v) is 24.8. The lowest BCUT2D eigenvalue weighted by Crippen LogP contribution is -2.50. The number of urea groups is 1. The maximum absolute atomic E-state index is 13.7. The molecule has 5 rings (SSSR count). The summed E-state index contributed by atoms with van der Waals surface area (Å²) in [7, 11) is 3.32. The van der Waals surface area contributed by atoms with Crippen LogP contribution in [0.3, 0.4) is 0 Å². The largest absolute Gasteiger partial charge is 0.485 e. The Balaban J connectivity index is 1.42. The summed E-state index contributed by atoms with van der Waals surface area (Å²) in [4.78, 5) is 43.2. The Bertz CT molecular complexity index is 1540. The minimum atomic E-state index is -0.579. The number of rotatable bonds is 7. The molecular formula is C30H36N6O7. The van der Waals surface area contributed by atoms with E-state index >= 15 is 0 Å². The van der Waals surface area contributed by atoms with E-state index in [1.807, 2.05) is 6.92 Å². The second-order valence-electron chi connectivity index (χ2n) is 10.9. The van der Waals surface area contributed by atoms with Crippen molar-refractivity contribution in [1.82, 2.24) is 19.6 Å². The van der Waals surface area contributed by atoms with E-state index in [9.17, 15) is 19.5 Å². The number of amides is 4. The third-order valence-corrected chi connectivity index (χ3v) is 7.60. The molecule has 3 aromatic rings. The van der Waals surface area contributed by atoms with Crippen LogP contribution in [0.2, 0.25) is 0 Å². The van der Waals surface area contributed by atoms with Crippen LogP contribution in [0.15, 0.2) is 42.5 Å². The summed E-state index contributed by atoms with van der Waals surface area (Å²) in [6.07, 6.45) is -0.579. The van der Waals surface area contributed by atoms with Crippen LogP contribution < -0.4 is 24.8 Å². The van der Waals surface area contributed by atoms with Gasteiger partial charge in [-0.25, -0.2) is 4.79 Å². The molecule has 13 heteroatoms. The fourth-order valence-corrected chi connectivity index (χ4v) is 5.12. The summed E-state index contributed by atoms with van der Waals surface area (Å²) in [5, 5.41) is 19.9. The SMILES string of the molecule is Cc1cc(C(=O)Nc2cccc3c2O[C@H](CN(C)C(=O)Nc2ccc4c(c2)OCO4)[C@H](C)CN([C@@H](C)CO)C3=O)n(C)n1. The lowest BCUT2D eigenvalue weighted by molar-refractivity contribution is 0.0372. The quantitative estimate of drug-likeness (QED) is 0.379. The van der Waals surface area contributed by atoms with Crippen LogP contribution >= 0.6 is 0 Å². The standard InChI is InChI=1S/C30H36N6O7/c1-17-13-36(19(3)15-37)29(39)21-7-6-8-22(32-28(38)23-11-18(2)33-35(23)5)27(21)43-26(17)14-34(4)30(40)31-20-9-10-24-25(12-20)42-16-41-24/h6-12,17,19,26,37H,13-16H2,1-5H3,(H,31,40)(H,32,38)/t17-,19+,26-/m1/s1. The summed E-state index contributed by atoms with van der Waals surface area (Å²) < 4.78 is 18.7. The molecule has 0 saturated heterocycles. The lowest BCUT2D eigenvalue weighted by atomic mass is 9.99. The van der Waals surface area contributed by atoms with E-state index in [-0.39, 0.29) is 55.7 Å². The van der Waals surface area contributed by atoms with Crippen LogP contribution in [0.4, 0.5) is 16.2 Å². The molecule has 43 heavy (non-hydrogen) atoms. The van der Waals surface area contributed by atoms with Crippen LogP contribution in [-0.2, 0) is 7.05 Å². The number of aryl methyl sites for hydroxylation is 2. The van der Waals surface area contributed by atoms with Gasteiger partial charge >= 0.3 is 6.03 Å². The Morgan fingerprint density at radius 3 is 2.65 bits per heavy atom. The average Bonchev–Trinajstić information content (AvgIpc) is 3.59. The summed E-state index contributed by atoms with van der Waals surface area (Å²) in [6, 6.07) is 10.9. The molecule has 3 atom stereocenters. The fraction of sp³-hybridized carbons (Fsp3) is 0.400. The normalized spacial score (nSPS) is 18.2. The van der Waals surface area contributed by atoms with Crippen molar-refractivity contribution >= 4 is 29.2 Å². The monoisotopic (exact) mass is 592 g/mol. The third kappa shape index (κ3) is 6.21. The van der Waals surface area contributed by atoms with Crippen molar-refractivity contribution in [3.63, 3.8) is 0 Å². The van der Waals surface area contributed by atoms with Crippen molar-refractivity contribution in [3.05, 3.63) is 59.4 Å². The van der Waals surface area contributed by atoms with Gasteiger partial charge < -0.3 is 39.8 Å². The van der Waals surface area contributed by atoms with Crippen LogP contribution in [-0.4, -0.2) is 88.2 Å².